The van der Waals surface area contributed by atoms with Crippen LogP contribution in [-0.2, 0) is 0 Å². The molecule has 0 saturated heterocycles. The zero-order chi connectivity index (χ0) is 29.9. The molecule has 0 atom stereocenters. The number of terminal acetylenes is 1. The number of nitrogen functional groups attached to an aromatic ring is 2. The minimum atomic E-state index is 0.778. The van der Waals surface area contributed by atoms with E-state index in [9.17, 15) is 0 Å². The highest BCUT2D eigenvalue weighted by atomic mass is 79.9. The molecule has 206 valence electrons. The lowest BCUT2D eigenvalue weighted by Crippen LogP contribution is -1.89. The minimum Gasteiger partial charge on any atom is -0.497 e. The summed E-state index contributed by atoms with van der Waals surface area (Å²) in [7, 11) is 1.65. The van der Waals surface area contributed by atoms with E-state index in [0.717, 1.165) is 59.8 Å². The van der Waals surface area contributed by atoms with Crippen molar-refractivity contribution >= 4 is 48.8 Å². The van der Waals surface area contributed by atoms with Gasteiger partial charge in [-0.2, -0.15) is 0 Å². The van der Waals surface area contributed by atoms with Crippen molar-refractivity contribution in [2.75, 3.05) is 18.6 Å². The average Bonchev–Trinajstić information content (AvgIpc) is 3.04. The summed E-state index contributed by atoms with van der Waals surface area (Å²) in [6.45, 7) is 2.04. The Labute approximate surface area is 256 Å². The zero-order valence-corrected chi connectivity index (χ0v) is 25.2. The third-order valence-corrected chi connectivity index (χ3v) is 7.20. The molecule has 42 heavy (non-hydrogen) atoms. The van der Waals surface area contributed by atoms with Crippen LogP contribution in [0.2, 0.25) is 0 Å². The molecular weight excluding hydrogens is 580 g/mol. The second kappa shape index (κ2) is 14.5. The van der Waals surface area contributed by atoms with Crippen molar-refractivity contribution in [3.63, 3.8) is 0 Å². The molecule has 0 aliphatic rings. The van der Waals surface area contributed by atoms with E-state index >= 15 is 0 Å². The molecule has 0 amide bonds. The number of anilines is 2. The maximum atomic E-state index is 6.00. The Kier molecular flexibility index (Phi) is 10.3. The molecule has 0 saturated carbocycles. The number of ether oxygens (including phenoxy) is 1. The second-order valence-corrected chi connectivity index (χ2v) is 10.3. The highest BCUT2D eigenvalue weighted by Gasteiger charge is 2.01. The molecule has 6 aromatic rings. The number of hydrogen-bond acceptors (Lipinski definition) is 3. The van der Waals surface area contributed by atoms with Gasteiger partial charge in [0.2, 0.25) is 0 Å². The van der Waals surface area contributed by atoms with E-state index in [4.69, 9.17) is 22.6 Å². The summed E-state index contributed by atoms with van der Waals surface area (Å²) in [5, 5.41) is 4.39. The SMILES string of the molecule is C#Cc1ccc(C)cc1.COc1ccc(C#Cc2ccc(N)c3ccccc23)cc1.Nc1ccc(Br)c2ccccc12. The van der Waals surface area contributed by atoms with Crippen molar-refractivity contribution in [2.45, 2.75) is 6.92 Å². The lowest BCUT2D eigenvalue weighted by atomic mass is 10.0. The van der Waals surface area contributed by atoms with E-state index in [1.54, 1.807) is 7.11 Å². The summed E-state index contributed by atoms with van der Waals surface area (Å²) in [6.07, 6.45) is 5.15. The molecule has 0 aromatic heterocycles. The first-order valence-electron chi connectivity index (χ1n) is 13.3. The number of aryl methyl sites for hydroxylation is 1. The third-order valence-electron chi connectivity index (χ3n) is 6.51. The monoisotopic (exact) mass is 610 g/mol. The lowest BCUT2D eigenvalue weighted by molar-refractivity contribution is 0.415. The van der Waals surface area contributed by atoms with Crippen molar-refractivity contribution in [3.8, 4) is 29.9 Å². The number of benzene rings is 6. The molecule has 3 nitrogen and oxygen atoms in total. The van der Waals surface area contributed by atoms with Crippen molar-refractivity contribution in [1.29, 1.82) is 0 Å². The third kappa shape index (κ3) is 7.73. The first-order valence-corrected chi connectivity index (χ1v) is 14.1. The fraction of sp³-hybridized carbons (Fsp3) is 0.0526. The molecule has 4 N–H and O–H groups in total. The van der Waals surface area contributed by atoms with Crippen LogP contribution in [0.25, 0.3) is 21.5 Å². The Morgan fingerprint density at radius 3 is 1.69 bits per heavy atom. The molecule has 6 aromatic carbocycles. The normalized spacial score (nSPS) is 9.76. The molecule has 0 heterocycles. The highest BCUT2D eigenvalue weighted by molar-refractivity contribution is 9.10. The standard InChI is InChI=1S/C19H15NO.C10H8BrN.C9H8/c1-21-16-11-7-14(8-12-16)6-9-15-10-13-19(20)18-5-3-2-4-17(15)18;11-9-5-6-10(12)8-4-2-1-3-7(8)9;1-3-9-6-4-8(2)5-7-9/h2-5,7-8,10-13H,20H2,1H3;1-6H,12H2;1,4-7H,2H3. The lowest BCUT2D eigenvalue weighted by Gasteiger charge is -2.03. The van der Waals surface area contributed by atoms with Crippen LogP contribution in [0, 0.1) is 31.1 Å². The van der Waals surface area contributed by atoms with Crippen molar-refractivity contribution in [1.82, 2.24) is 0 Å². The van der Waals surface area contributed by atoms with Crippen molar-refractivity contribution in [2.24, 2.45) is 0 Å². The maximum absolute atomic E-state index is 6.00. The molecule has 0 aliphatic carbocycles. The number of rotatable bonds is 1. The predicted octanol–water partition coefficient (Wildman–Crippen LogP) is 8.99. The van der Waals surface area contributed by atoms with Gasteiger partial charge in [0.15, 0.2) is 0 Å². The highest BCUT2D eigenvalue weighted by Crippen LogP contribution is 2.28. The molecule has 0 bridgehead atoms. The molecule has 0 fully saturated rings. The topological polar surface area (TPSA) is 61.3 Å². The largest absolute Gasteiger partial charge is 0.497 e. The Hall–Kier alpha value is -5.16. The summed E-state index contributed by atoms with van der Waals surface area (Å²) in [6, 6.07) is 39.5. The molecule has 0 unspecified atom stereocenters. The number of halogens is 1. The van der Waals surface area contributed by atoms with Gasteiger partial charge in [-0.1, -0.05) is 99.9 Å². The van der Waals surface area contributed by atoms with Gasteiger partial charge in [-0.15, -0.1) is 6.42 Å². The Balaban J connectivity index is 0.000000162. The van der Waals surface area contributed by atoms with Crippen LogP contribution < -0.4 is 16.2 Å². The smallest absolute Gasteiger partial charge is 0.118 e. The Bertz CT molecular complexity index is 1870. The fourth-order valence-electron chi connectivity index (χ4n) is 4.18. The Morgan fingerprint density at radius 1 is 0.595 bits per heavy atom. The number of methoxy groups -OCH3 is 1. The summed E-state index contributed by atoms with van der Waals surface area (Å²) < 4.78 is 6.23. The quantitative estimate of drug-likeness (QED) is 0.144. The molecular formula is C38H31BrN2O. The summed E-state index contributed by atoms with van der Waals surface area (Å²) in [4.78, 5) is 0. The number of hydrogen-bond donors (Lipinski definition) is 2. The van der Waals surface area contributed by atoms with Crippen LogP contribution in [0.5, 0.6) is 5.75 Å². The summed E-state index contributed by atoms with van der Waals surface area (Å²) >= 11 is 3.48. The zero-order valence-electron chi connectivity index (χ0n) is 23.6. The maximum Gasteiger partial charge on any atom is 0.118 e. The van der Waals surface area contributed by atoms with Crippen molar-refractivity contribution < 1.29 is 4.74 Å². The van der Waals surface area contributed by atoms with E-state index in [1.165, 1.54) is 5.56 Å². The first-order chi connectivity index (χ1) is 20.4. The van der Waals surface area contributed by atoms with Crippen molar-refractivity contribution in [3.05, 3.63) is 148 Å². The van der Waals surface area contributed by atoms with Gasteiger partial charge >= 0.3 is 0 Å². The first kappa shape index (κ1) is 29.8. The molecule has 6 rings (SSSR count). The van der Waals surface area contributed by atoms with E-state index in [2.05, 4.69) is 39.8 Å². The van der Waals surface area contributed by atoms with Gasteiger partial charge in [-0.05, 0) is 78.4 Å². The Morgan fingerprint density at radius 2 is 1.12 bits per heavy atom. The van der Waals surface area contributed by atoms with Crippen LogP contribution >= 0.6 is 15.9 Å². The molecule has 0 radical (unpaired) electrons. The van der Waals surface area contributed by atoms with Crippen LogP contribution in [0.3, 0.4) is 0 Å². The van der Waals surface area contributed by atoms with E-state index < -0.39 is 0 Å². The van der Waals surface area contributed by atoms with Gasteiger partial charge in [-0.25, -0.2) is 0 Å². The minimum absolute atomic E-state index is 0.778. The van der Waals surface area contributed by atoms with E-state index in [0.29, 0.717) is 0 Å². The van der Waals surface area contributed by atoms with Gasteiger partial charge in [-0.3, -0.25) is 0 Å². The summed E-state index contributed by atoms with van der Waals surface area (Å²) in [5.74, 6) is 9.79. The second-order valence-electron chi connectivity index (χ2n) is 9.42. The fourth-order valence-corrected chi connectivity index (χ4v) is 4.66. The number of fused-ring (bicyclic) bond motifs is 2. The van der Waals surface area contributed by atoms with Gasteiger partial charge < -0.3 is 16.2 Å². The van der Waals surface area contributed by atoms with Crippen LogP contribution in [0.1, 0.15) is 22.3 Å². The van der Waals surface area contributed by atoms with Gasteiger partial charge in [0.1, 0.15) is 5.75 Å². The van der Waals surface area contributed by atoms with E-state index in [1.807, 2.05) is 122 Å². The predicted molar refractivity (Wildman–Crippen MR) is 183 cm³/mol. The number of nitrogens with two attached hydrogens (primary N) is 2. The van der Waals surface area contributed by atoms with Crippen LogP contribution in [0.4, 0.5) is 11.4 Å². The molecule has 0 spiro atoms. The van der Waals surface area contributed by atoms with Crippen LogP contribution in [-0.4, -0.2) is 7.11 Å². The molecule has 4 heteroatoms. The van der Waals surface area contributed by atoms with Gasteiger partial charge in [0.05, 0.1) is 7.11 Å². The van der Waals surface area contributed by atoms with Gasteiger partial charge in [0.25, 0.3) is 0 Å². The van der Waals surface area contributed by atoms with E-state index in [-0.39, 0.29) is 0 Å². The van der Waals surface area contributed by atoms with Gasteiger partial charge in [0, 0.05) is 43.3 Å². The molecule has 0 aliphatic heterocycles. The average molecular weight is 612 g/mol. The van der Waals surface area contributed by atoms with Crippen LogP contribution in [0.15, 0.2) is 126 Å². The summed E-state index contributed by atoms with van der Waals surface area (Å²) in [5.41, 5.74) is 17.5.